The highest BCUT2D eigenvalue weighted by Crippen LogP contribution is 2.24. The van der Waals surface area contributed by atoms with Gasteiger partial charge < -0.3 is 20.3 Å². The van der Waals surface area contributed by atoms with Crippen molar-refractivity contribution in [1.82, 2.24) is 24.8 Å². The maximum Gasteiger partial charge on any atom is 0.410 e. The van der Waals surface area contributed by atoms with E-state index in [0.717, 1.165) is 35.3 Å². The number of carbonyl (C=O) groups is 1. The summed E-state index contributed by atoms with van der Waals surface area (Å²) in [6, 6.07) is 8.06. The molecule has 1 amide bonds. The van der Waals surface area contributed by atoms with E-state index in [1.54, 1.807) is 23.5 Å². The Morgan fingerprint density at radius 2 is 1.79 bits per heavy atom. The second-order valence-corrected chi connectivity index (χ2v) is 9.43. The van der Waals surface area contributed by atoms with Gasteiger partial charge in [0, 0.05) is 60.7 Å². The number of ether oxygens (including phenoxy) is 1. The van der Waals surface area contributed by atoms with Gasteiger partial charge in [0.05, 0.1) is 5.69 Å². The van der Waals surface area contributed by atoms with E-state index in [-0.39, 0.29) is 12.1 Å². The first kappa shape index (κ1) is 23.4. The summed E-state index contributed by atoms with van der Waals surface area (Å²) in [7, 11) is 0. The third-order valence-corrected chi connectivity index (χ3v) is 5.37. The van der Waals surface area contributed by atoms with Gasteiger partial charge in [0.15, 0.2) is 0 Å². The molecule has 0 saturated carbocycles. The van der Waals surface area contributed by atoms with E-state index < -0.39 is 5.60 Å². The Morgan fingerprint density at radius 3 is 2.47 bits per heavy atom. The summed E-state index contributed by atoms with van der Waals surface area (Å²) in [5, 5.41) is 6.66. The number of anilines is 3. The van der Waals surface area contributed by atoms with Crippen molar-refractivity contribution in [3.05, 3.63) is 54.7 Å². The van der Waals surface area contributed by atoms with Crippen molar-refractivity contribution in [1.29, 1.82) is 0 Å². The Labute approximate surface area is 200 Å². The Kier molecular flexibility index (Phi) is 6.90. The summed E-state index contributed by atoms with van der Waals surface area (Å²) in [4.78, 5) is 31.7. The topological polar surface area (TPSA) is 105 Å². The number of aromatic nitrogens is 4. The number of rotatable bonds is 5. The van der Waals surface area contributed by atoms with Crippen molar-refractivity contribution < 1.29 is 9.53 Å². The van der Waals surface area contributed by atoms with E-state index in [9.17, 15) is 4.79 Å². The van der Waals surface area contributed by atoms with Crippen LogP contribution in [0.15, 0.2) is 49.1 Å². The third-order valence-electron chi connectivity index (χ3n) is 5.37. The molecule has 1 fully saturated rings. The molecule has 1 aliphatic heterocycles. The molecule has 1 saturated heterocycles. The highest BCUT2D eigenvalue weighted by Gasteiger charge is 2.26. The zero-order valence-corrected chi connectivity index (χ0v) is 20.1. The predicted molar refractivity (Wildman–Crippen MR) is 132 cm³/mol. The molecular weight excluding hydrogens is 430 g/mol. The van der Waals surface area contributed by atoms with Crippen molar-refractivity contribution in [2.75, 3.05) is 23.7 Å². The van der Waals surface area contributed by atoms with Gasteiger partial charge in [-0.05, 0) is 58.7 Å². The number of nitrogens with one attached hydrogen (secondary N) is 2. The molecule has 9 heteroatoms. The van der Waals surface area contributed by atoms with Crippen LogP contribution < -0.4 is 10.6 Å². The number of aryl methyl sites for hydroxylation is 1. The molecule has 34 heavy (non-hydrogen) atoms. The lowest BCUT2D eigenvalue weighted by molar-refractivity contribution is 0.0210. The Morgan fingerprint density at radius 1 is 1.06 bits per heavy atom. The first-order valence-electron chi connectivity index (χ1n) is 11.5. The average Bonchev–Trinajstić information content (AvgIpc) is 2.79. The highest BCUT2D eigenvalue weighted by atomic mass is 16.6. The van der Waals surface area contributed by atoms with Crippen LogP contribution in [0.3, 0.4) is 0 Å². The summed E-state index contributed by atoms with van der Waals surface area (Å²) < 4.78 is 5.48. The number of carbonyl (C=O) groups excluding carboxylic acids is 1. The summed E-state index contributed by atoms with van der Waals surface area (Å²) in [6.07, 6.45) is 8.59. The molecule has 1 aliphatic rings. The van der Waals surface area contributed by atoms with Crippen molar-refractivity contribution in [2.45, 2.75) is 52.2 Å². The quantitative estimate of drug-likeness (QED) is 0.558. The van der Waals surface area contributed by atoms with Gasteiger partial charge in [0.25, 0.3) is 0 Å². The minimum absolute atomic E-state index is 0.245. The number of hydrogen-bond donors (Lipinski definition) is 2. The van der Waals surface area contributed by atoms with E-state index >= 15 is 0 Å². The van der Waals surface area contributed by atoms with E-state index in [2.05, 4.69) is 30.6 Å². The second-order valence-electron chi connectivity index (χ2n) is 9.43. The minimum atomic E-state index is -0.478. The van der Waals surface area contributed by atoms with Crippen LogP contribution in [-0.4, -0.2) is 55.7 Å². The number of hydrogen-bond acceptors (Lipinski definition) is 8. The monoisotopic (exact) mass is 461 g/mol. The Balaban J connectivity index is 1.34. The van der Waals surface area contributed by atoms with Gasteiger partial charge in [-0.25, -0.2) is 19.7 Å². The second kappa shape index (κ2) is 10.0. The summed E-state index contributed by atoms with van der Waals surface area (Å²) in [5.41, 5.74) is 3.18. The summed E-state index contributed by atoms with van der Waals surface area (Å²) in [6.45, 7) is 8.92. The molecule has 178 valence electrons. The number of nitrogens with zero attached hydrogens (tertiary/aromatic N) is 5. The molecule has 0 spiro atoms. The van der Waals surface area contributed by atoms with Gasteiger partial charge in [-0.2, -0.15) is 0 Å². The van der Waals surface area contributed by atoms with Gasteiger partial charge in [-0.1, -0.05) is 6.07 Å². The molecule has 4 heterocycles. The Hall–Kier alpha value is -3.75. The lowest BCUT2D eigenvalue weighted by atomic mass is 10.0. The fourth-order valence-corrected chi connectivity index (χ4v) is 3.71. The highest BCUT2D eigenvalue weighted by molar-refractivity contribution is 5.68. The van der Waals surface area contributed by atoms with E-state index in [0.29, 0.717) is 24.9 Å². The number of piperidine rings is 1. The molecule has 0 aliphatic carbocycles. The molecule has 0 unspecified atom stereocenters. The van der Waals surface area contributed by atoms with Gasteiger partial charge in [-0.3, -0.25) is 4.98 Å². The molecule has 0 aromatic carbocycles. The van der Waals surface area contributed by atoms with Crippen LogP contribution in [0.25, 0.3) is 11.1 Å². The first-order valence-corrected chi connectivity index (χ1v) is 11.5. The van der Waals surface area contributed by atoms with Gasteiger partial charge in [-0.15, -0.1) is 0 Å². The van der Waals surface area contributed by atoms with E-state index in [1.807, 2.05) is 58.2 Å². The van der Waals surface area contributed by atoms with Crippen molar-refractivity contribution in [3.8, 4) is 11.1 Å². The maximum absolute atomic E-state index is 12.3. The molecule has 4 rings (SSSR count). The molecule has 2 N–H and O–H groups in total. The molecule has 3 aromatic heterocycles. The van der Waals surface area contributed by atoms with Crippen molar-refractivity contribution in [3.63, 3.8) is 0 Å². The zero-order chi connectivity index (χ0) is 24.1. The molecular formula is C25H31N7O2. The molecule has 0 bridgehead atoms. The predicted octanol–water partition coefficient (Wildman–Crippen LogP) is 4.80. The molecule has 9 nitrogen and oxygen atoms in total. The van der Waals surface area contributed by atoms with Gasteiger partial charge >= 0.3 is 6.09 Å². The fourth-order valence-electron chi connectivity index (χ4n) is 3.71. The minimum Gasteiger partial charge on any atom is -0.444 e. The largest absolute Gasteiger partial charge is 0.444 e. The zero-order valence-electron chi connectivity index (χ0n) is 20.1. The molecule has 0 radical (unpaired) electrons. The summed E-state index contributed by atoms with van der Waals surface area (Å²) in [5.74, 6) is 1.19. The van der Waals surface area contributed by atoms with Crippen molar-refractivity contribution in [2.24, 2.45) is 0 Å². The van der Waals surface area contributed by atoms with E-state index in [1.165, 1.54) is 0 Å². The third kappa shape index (κ3) is 6.40. The SMILES string of the molecule is Cc1cccc(Nc2ncc(-c3cncc(NC4CCN(C(=O)OC(C)(C)C)CC4)c3)cn2)n1. The number of pyridine rings is 2. The van der Waals surface area contributed by atoms with Crippen LogP contribution in [0.2, 0.25) is 0 Å². The fraction of sp³-hybridized carbons (Fsp3) is 0.400. The maximum atomic E-state index is 12.3. The van der Waals surface area contributed by atoms with Crippen LogP contribution in [0.5, 0.6) is 0 Å². The lowest BCUT2D eigenvalue weighted by Crippen LogP contribution is -2.44. The average molecular weight is 462 g/mol. The van der Waals surface area contributed by atoms with Gasteiger partial charge in [0.2, 0.25) is 5.95 Å². The van der Waals surface area contributed by atoms with Crippen molar-refractivity contribution >= 4 is 23.5 Å². The first-order chi connectivity index (χ1) is 16.2. The Bertz CT molecular complexity index is 1120. The van der Waals surface area contributed by atoms with Crippen LogP contribution in [0.4, 0.5) is 22.2 Å². The molecule has 3 aromatic rings. The van der Waals surface area contributed by atoms with Crippen LogP contribution in [-0.2, 0) is 4.74 Å². The van der Waals surface area contributed by atoms with Crippen LogP contribution >= 0.6 is 0 Å². The standard InChI is InChI=1S/C25H31N7O2/c1-17-6-5-7-22(29-17)31-23-27-14-19(15-28-23)18-12-21(16-26-13-18)30-20-8-10-32(11-9-20)24(33)34-25(2,3)4/h5-7,12-16,20,30H,8-11H2,1-4H3,(H,27,28,29,31). The van der Waals surface area contributed by atoms with Crippen LogP contribution in [0, 0.1) is 6.92 Å². The lowest BCUT2D eigenvalue weighted by Gasteiger charge is -2.34. The van der Waals surface area contributed by atoms with Crippen LogP contribution in [0.1, 0.15) is 39.3 Å². The smallest absolute Gasteiger partial charge is 0.410 e. The number of likely N-dealkylation sites (tertiary alicyclic amines) is 1. The normalized spacial score (nSPS) is 14.5. The molecule has 0 atom stereocenters. The number of amides is 1. The summed E-state index contributed by atoms with van der Waals surface area (Å²) >= 11 is 0. The van der Waals surface area contributed by atoms with E-state index in [4.69, 9.17) is 4.74 Å². The van der Waals surface area contributed by atoms with Gasteiger partial charge in [0.1, 0.15) is 11.4 Å².